The molecule has 0 N–H and O–H groups in total. The minimum absolute atomic E-state index is 0.199. The first-order chi connectivity index (χ1) is 7.17. The summed E-state index contributed by atoms with van der Waals surface area (Å²) in [6.07, 6.45) is 0.562. The van der Waals surface area contributed by atoms with Gasteiger partial charge in [-0.15, -0.1) is 0 Å². The van der Waals surface area contributed by atoms with Gasteiger partial charge in [0.2, 0.25) is 5.12 Å². The van der Waals surface area contributed by atoms with Crippen molar-refractivity contribution in [3.8, 4) is 5.75 Å². The Morgan fingerprint density at radius 1 is 1.40 bits per heavy atom. The maximum absolute atomic E-state index is 11.5. The molecule has 15 heavy (non-hydrogen) atoms. The zero-order valence-corrected chi connectivity index (χ0v) is 9.04. The van der Waals surface area contributed by atoms with Crippen molar-refractivity contribution in [2.45, 2.75) is 0 Å². The van der Waals surface area contributed by atoms with Gasteiger partial charge >= 0.3 is 0 Å². The number of methoxy groups -OCH3 is 1. The minimum atomic E-state index is -0.199. The summed E-state index contributed by atoms with van der Waals surface area (Å²) in [5.41, 5.74) is 0.517. The van der Waals surface area contributed by atoms with Crippen molar-refractivity contribution in [3.63, 3.8) is 0 Å². The molecule has 0 aliphatic heterocycles. The van der Waals surface area contributed by atoms with Crippen molar-refractivity contribution in [3.05, 3.63) is 41.3 Å². The molecule has 0 spiro atoms. The van der Waals surface area contributed by atoms with Crippen LogP contribution < -0.4 is 4.74 Å². The van der Waals surface area contributed by atoms with Gasteiger partial charge in [-0.2, -0.15) is 0 Å². The van der Waals surface area contributed by atoms with E-state index in [9.17, 15) is 9.59 Å². The van der Waals surface area contributed by atoms with Crippen molar-refractivity contribution < 1.29 is 14.3 Å². The molecule has 0 fully saturated rings. The van der Waals surface area contributed by atoms with Crippen LogP contribution in [0.5, 0.6) is 5.75 Å². The van der Waals surface area contributed by atoms with Crippen LogP contribution in [0, 0.1) is 0 Å². The summed E-state index contributed by atoms with van der Waals surface area (Å²) in [5, 5.41) is -0.199. The fraction of sp³-hybridized carbons (Fsp3) is 0.0909. The first-order valence-electron chi connectivity index (χ1n) is 4.17. The quantitative estimate of drug-likeness (QED) is 0.579. The third-order valence-corrected chi connectivity index (χ3v) is 2.46. The summed E-state index contributed by atoms with van der Waals surface area (Å²) in [6.45, 7) is 3.42. The molecule has 0 unspecified atom stereocenters. The van der Waals surface area contributed by atoms with Crippen LogP contribution in [0.3, 0.4) is 0 Å². The monoisotopic (exact) mass is 222 g/mol. The van der Waals surface area contributed by atoms with Crippen LogP contribution in [-0.2, 0) is 4.79 Å². The molecule has 0 heterocycles. The maximum Gasteiger partial charge on any atom is 0.224 e. The summed E-state index contributed by atoms with van der Waals surface area (Å²) in [6, 6.07) is 6.67. The second-order valence-electron chi connectivity index (χ2n) is 2.70. The fourth-order valence-electron chi connectivity index (χ4n) is 0.929. The normalized spacial score (nSPS) is 9.40. The Balaban J connectivity index is 2.74. The number of carbonyl (C=O) groups is 2. The molecule has 1 aromatic carbocycles. The summed E-state index contributed by atoms with van der Waals surface area (Å²) in [4.78, 5) is 22.0. The maximum atomic E-state index is 11.5. The highest BCUT2D eigenvalue weighted by atomic mass is 32.2. The topological polar surface area (TPSA) is 43.4 Å². The van der Waals surface area contributed by atoms with Crippen molar-refractivity contribution in [2.24, 2.45) is 0 Å². The SMILES string of the molecule is C=C(C=O)SC(=O)c1ccc(OC)cc1. The van der Waals surface area contributed by atoms with E-state index in [0.29, 0.717) is 17.6 Å². The van der Waals surface area contributed by atoms with Gasteiger partial charge in [0.25, 0.3) is 0 Å². The zero-order valence-electron chi connectivity index (χ0n) is 8.23. The van der Waals surface area contributed by atoms with E-state index in [0.717, 1.165) is 11.8 Å². The van der Waals surface area contributed by atoms with Gasteiger partial charge < -0.3 is 4.74 Å². The molecule has 0 aliphatic carbocycles. The molecule has 0 bridgehead atoms. The second kappa shape index (κ2) is 5.36. The lowest BCUT2D eigenvalue weighted by Gasteiger charge is -2.01. The molecule has 3 nitrogen and oxygen atoms in total. The Hall–Kier alpha value is -1.55. The van der Waals surface area contributed by atoms with Crippen LogP contribution in [0.1, 0.15) is 10.4 Å². The van der Waals surface area contributed by atoms with Gasteiger partial charge in [0.15, 0.2) is 6.29 Å². The van der Waals surface area contributed by atoms with Crippen molar-refractivity contribution in [1.29, 1.82) is 0 Å². The molecule has 0 amide bonds. The highest BCUT2D eigenvalue weighted by Gasteiger charge is 2.08. The Bertz CT molecular complexity index is 381. The molecule has 0 saturated heterocycles. The van der Waals surface area contributed by atoms with Gasteiger partial charge in [-0.05, 0) is 36.0 Å². The standard InChI is InChI=1S/C11H10O3S/c1-8(7-12)15-11(13)9-3-5-10(14-2)6-4-9/h3-7H,1H2,2H3. The predicted octanol–water partition coefficient (Wildman–Crippen LogP) is 2.28. The van der Waals surface area contributed by atoms with E-state index in [2.05, 4.69) is 6.58 Å². The van der Waals surface area contributed by atoms with E-state index in [1.165, 1.54) is 0 Å². The third-order valence-electron chi connectivity index (χ3n) is 1.68. The highest BCUT2D eigenvalue weighted by molar-refractivity contribution is 8.18. The molecule has 0 aromatic heterocycles. The van der Waals surface area contributed by atoms with E-state index in [1.807, 2.05) is 0 Å². The number of aldehydes is 1. The van der Waals surface area contributed by atoms with Crippen LogP contribution in [0.25, 0.3) is 0 Å². The molecule has 0 radical (unpaired) electrons. The van der Waals surface area contributed by atoms with Crippen molar-refractivity contribution >= 4 is 23.2 Å². The molecule has 1 aromatic rings. The minimum Gasteiger partial charge on any atom is -0.497 e. The van der Waals surface area contributed by atoms with E-state index in [1.54, 1.807) is 31.4 Å². The number of allylic oxidation sites excluding steroid dienone is 1. The lowest BCUT2D eigenvalue weighted by Crippen LogP contribution is -1.94. The molecule has 78 valence electrons. The Kier molecular flexibility index (Phi) is 4.12. The summed E-state index contributed by atoms with van der Waals surface area (Å²) in [7, 11) is 1.56. The fourth-order valence-corrected chi connectivity index (χ4v) is 1.47. The van der Waals surface area contributed by atoms with Gasteiger partial charge in [-0.1, -0.05) is 6.58 Å². The van der Waals surface area contributed by atoms with Gasteiger partial charge in [-0.25, -0.2) is 0 Å². The molecule has 4 heteroatoms. The lowest BCUT2D eigenvalue weighted by atomic mass is 10.2. The van der Waals surface area contributed by atoms with Crippen LogP contribution >= 0.6 is 11.8 Å². The number of carbonyl (C=O) groups excluding carboxylic acids is 2. The number of ether oxygens (including phenoxy) is 1. The predicted molar refractivity (Wildman–Crippen MR) is 60.1 cm³/mol. The van der Waals surface area contributed by atoms with Crippen LogP contribution in [0.15, 0.2) is 35.7 Å². The summed E-state index contributed by atoms with van der Waals surface area (Å²) < 4.78 is 4.96. The largest absolute Gasteiger partial charge is 0.497 e. The van der Waals surface area contributed by atoms with Crippen molar-refractivity contribution in [1.82, 2.24) is 0 Å². The number of thioether (sulfide) groups is 1. The Morgan fingerprint density at radius 2 is 2.00 bits per heavy atom. The average molecular weight is 222 g/mol. The van der Waals surface area contributed by atoms with E-state index in [4.69, 9.17) is 4.74 Å². The highest BCUT2D eigenvalue weighted by Crippen LogP contribution is 2.20. The number of hydrogen-bond donors (Lipinski definition) is 0. The first kappa shape index (κ1) is 11.5. The second-order valence-corrected chi connectivity index (χ2v) is 3.80. The lowest BCUT2D eigenvalue weighted by molar-refractivity contribution is -0.104. The molecule has 0 aliphatic rings. The Labute approximate surface area is 92.1 Å². The van der Waals surface area contributed by atoms with E-state index in [-0.39, 0.29) is 10.0 Å². The molecule has 0 saturated carbocycles. The van der Waals surface area contributed by atoms with Gasteiger partial charge in [0.05, 0.1) is 7.11 Å². The summed E-state index contributed by atoms with van der Waals surface area (Å²) >= 11 is 0.824. The van der Waals surface area contributed by atoms with Crippen LogP contribution in [0.4, 0.5) is 0 Å². The summed E-state index contributed by atoms with van der Waals surface area (Å²) in [5.74, 6) is 0.686. The van der Waals surface area contributed by atoms with Crippen LogP contribution in [0.2, 0.25) is 0 Å². The van der Waals surface area contributed by atoms with Gasteiger partial charge in [-0.3, -0.25) is 9.59 Å². The van der Waals surface area contributed by atoms with Crippen LogP contribution in [-0.4, -0.2) is 18.5 Å². The van der Waals surface area contributed by atoms with E-state index >= 15 is 0 Å². The molecule has 0 atom stereocenters. The number of hydrogen-bond acceptors (Lipinski definition) is 4. The number of rotatable bonds is 4. The smallest absolute Gasteiger partial charge is 0.224 e. The molecular weight excluding hydrogens is 212 g/mol. The molecule has 1 rings (SSSR count). The first-order valence-corrected chi connectivity index (χ1v) is 4.99. The van der Waals surface area contributed by atoms with Gasteiger partial charge in [0, 0.05) is 10.5 Å². The number of benzene rings is 1. The van der Waals surface area contributed by atoms with E-state index < -0.39 is 0 Å². The van der Waals surface area contributed by atoms with Crippen molar-refractivity contribution in [2.75, 3.05) is 7.11 Å². The Morgan fingerprint density at radius 3 is 2.47 bits per heavy atom. The third kappa shape index (κ3) is 3.25. The van der Waals surface area contributed by atoms with Gasteiger partial charge in [0.1, 0.15) is 5.75 Å². The molecular formula is C11H10O3S. The average Bonchev–Trinajstić information content (AvgIpc) is 2.29. The zero-order chi connectivity index (χ0) is 11.3.